The first-order valence-corrected chi connectivity index (χ1v) is 10.9. The molecule has 1 atom stereocenters. The lowest BCUT2D eigenvalue weighted by atomic mass is 9.95. The average molecular weight is 462 g/mol. The summed E-state index contributed by atoms with van der Waals surface area (Å²) in [5, 5.41) is 12.1. The van der Waals surface area contributed by atoms with Crippen molar-refractivity contribution in [2.45, 2.75) is 19.0 Å². The number of rotatable bonds is 7. The number of carbonyl (C=O) groups excluding carboxylic acids is 2. The quantitative estimate of drug-likeness (QED) is 0.393. The molecule has 0 saturated carbocycles. The normalized spacial score (nSPS) is 16.2. The highest BCUT2D eigenvalue weighted by molar-refractivity contribution is 6.30. The van der Waals surface area contributed by atoms with E-state index in [2.05, 4.69) is 4.98 Å². The van der Waals surface area contributed by atoms with Gasteiger partial charge in [-0.05, 0) is 36.2 Å². The van der Waals surface area contributed by atoms with Crippen molar-refractivity contribution >= 4 is 34.3 Å². The topological polar surface area (TPSA) is 88.6 Å². The predicted octanol–water partition coefficient (Wildman–Crippen LogP) is 4.95. The molecule has 0 bridgehead atoms. The number of ketones is 1. The van der Waals surface area contributed by atoms with Crippen molar-refractivity contribution in [1.82, 2.24) is 14.5 Å². The molecule has 0 unspecified atom stereocenters. The van der Waals surface area contributed by atoms with Crippen LogP contribution in [0.3, 0.4) is 0 Å². The van der Waals surface area contributed by atoms with Crippen LogP contribution in [-0.2, 0) is 11.3 Å². The van der Waals surface area contributed by atoms with Crippen molar-refractivity contribution in [1.29, 1.82) is 0 Å². The van der Waals surface area contributed by atoms with E-state index < -0.39 is 23.5 Å². The van der Waals surface area contributed by atoms with Crippen LogP contribution < -0.4 is 0 Å². The molecule has 1 aliphatic rings. The lowest BCUT2D eigenvalue weighted by Gasteiger charge is -2.26. The molecular formula is C25H20ClN3O4. The van der Waals surface area contributed by atoms with Gasteiger partial charge < -0.3 is 19.0 Å². The Hall–Kier alpha value is -3.84. The number of nitrogens with zero attached hydrogens (tertiary/aromatic N) is 3. The summed E-state index contributed by atoms with van der Waals surface area (Å²) in [6, 6.07) is 15.0. The van der Waals surface area contributed by atoms with Crippen LogP contribution in [0.4, 0.5) is 0 Å². The molecule has 7 nitrogen and oxygen atoms in total. The summed E-state index contributed by atoms with van der Waals surface area (Å²) in [5.74, 6) is -1.58. The molecule has 8 heteroatoms. The lowest BCUT2D eigenvalue weighted by molar-refractivity contribution is -0.129. The second kappa shape index (κ2) is 8.60. The number of benzene rings is 2. The highest BCUT2D eigenvalue weighted by Crippen LogP contribution is 2.40. The SMILES string of the molecule is O=C(C1=C(O)C(=O)N(CCCn2ccnc2)[C@H]1c1ccc(Cl)cc1)c1cc2ccccc2o1. The molecule has 3 heterocycles. The van der Waals surface area contributed by atoms with Crippen molar-refractivity contribution in [2.24, 2.45) is 0 Å². The van der Waals surface area contributed by atoms with Crippen LogP contribution in [0, 0.1) is 0 Å². The maximum atomic E-state index is 13.5. The molecule has 1 N–H and O–H groups in total. The zero-order valence-corrected chi connectivity index (χ0v) is 18.3. The zero-order valence-electron chi connectivity index (χ0n) is 17.5. The number of halogens is 1. The summed E-state index contributed by atoms with van der Waals surface area (Å²) >= 11 is 6.06. The molecule has 0 aliphatic carbocycles. The van der Waals surface area contributed by atoms with Gasteiger partial charge in [-0.3, -0.25) is 9.59 Å². The van der Waals surface area contributed by atoms with Crippen LogP contribution in [0.15, 0.2) is 89.1 Å². The first-order chi connectivity index (χ1) is 16.0. The minimum Gasteiger partial charge on any atom is -0.503 e. The molecule has 0 saturated heterocycles. The van der Waals surface area contributed by atoms with Gasteiger partial charge in [-0.2, -0.15) is 0 Å². The fourth-order valence-electron chi connectivity index (χ4n) is 4.18. The Kier molecular flexibility index (Phi) is 5.48. The third-order valence-electron chi connectivity index (χ3n) is 5.76. The molecule has 0 fully saturated rings. The number of para-hydroxylation sites is 1. The van der Waals surface area contributed by atoms with E-state index in [1.807, 2.05) is 29.0 Å². The Morgan fingerprint density at radius 3 is 2.64 bits per heavy atom. The highest BCUT2D eigenvalue weighted by atomic mass is 35.5. The molecule has 1 aliphatic heterocycles. The summed E-state index contributed by atoms with van der Waals surface area (Å²) in [4.78, 5) is 32.1. The van der Waals surface area contributed by atoms with Crippen molar-refractivity contribution < 1.29 is 19.1 Å². The number of aliphatic hydroxyl groups is 1. The van der Waals surface area contributed by atoms with Crippen LogP contribution >= 0.6 is 11.6 Å². The van der Waals surface area contributed by atoms with E-state index in [1.54, 1.807) is 48.9 Å². The fourth-order valence-corrected chi connectivity index (χ4v) is 4.30. The van der Waals surface area contributed by atoms with Crippen molar-refractivity contribution in [3.63, 3.8) is 0 Å². The second-order valence-electron chi connectivity index (χ2n) is 7.85. The van der Waals surface area contributed by atoms with E-state index in [-0.39, 0.29) is 11.3 Å². The van der Waals surface area contributed by atoms with Gasteiger partial charge in [0.2, 0.25) is 5.78 Å². The Balaban J connectivity index is 1.50. The van der Waals surface area contributed by atoms with Crippen molar-refractivity contribution in [2.75, 3.05) is 6.54 Å². The summed E-state index contributed by atoms with van der Waals surface area (Å²) in [6.45, 7) is 0.982. The number of aliphatic hydroxyl groups excluding tert-OH is 1. The van der Waals surface area contributed by atoms with Gasteiger partial charge in [0.25, 0.3) is 5.91 Å². The van der Waals surface area contributed by atoms with Gasteiger partial charge in [0.1, 0.15) is 5.58 Å². The molecule has 0 spiro atoms. The van der Waals surface area contributed by atoms with Crippen molar-refractivity contribution in [3.8, 4) is 0 Å². The number of aryl methyl sites for hydroxylation is 1. The van der Waals surface area contributed by atoms with Gasteiger partial charge in [-0.25, -0.2) is 4.98 Å². The van der Waals surface area contributed by atoms with Crippen molar-refractivity contribution in [3.05, 3.63) is 101 Å². The van der Waals surface area contributed by atoms with Gasteiger partial charge in [0, 0.05) is 35.9 Å². The fraction of sp³-hybridized carbons (Fsp3) is 0.160. The number of Topliss-reactive ketones (excluding diaryl/α,β-unsaturated/α-hetero) is 1. The maximum Gasteiger partial charge on any atom is 0.290 e. The number of furan rings is 1. The molecule has 0 radical (unpaired) electrons. The molecule has 5 rings (SSSR count). The summed E-state index contributed by atoms with van der Waals surface area (Å²) in [6.07, 6.45) is 5.85. The van der Waals surface area contributed by atoms with Gasteiger partial charge in [0.05, 0.1) is 17.9 Å². The number of carbonyl (C=O) groups is 2. The summed E-state index contributed by atoms with van der Waals surface area (Å²) in [5.41, 5.74) is 1.24. The number of fused-ring (bicyclic) bond motifs is 1. The Bertz CT molecular complexity index is 1320. The third kappa shape index (κ3) is 3.91. The predicted molar refractivity (Wildman–Crippen MR) is 123 cm³/mol. The minimum absolute atomic E-state index is 0.00371. The zero-order chi connectivity index (χ0) is 22.9. The van der Waals surface area contributed by atoms with Crippen LogP contribution in [0.1, 0.15) is 28.6 Å². The van der Waals surface area contributed by atoms with Gasteiger partial charge in [-0.15, -0.1) is 0 Å². The maximum absolute atomic E-state index is 13.5. The Morgan fingerprint density at radius 1 is 1.12 bits per heavy atom. The average Bonchev–Trinajstić information content (AvgIpc) is 3.54. The van der Waals surface area contributed by atoms with Gasteiger partial charge >= 0.3 is 0 Å². The van der Waals surface area contributed by atoms with E-state index in [4.69, 9.17) is 16.0 Å². The van der Waals surface area contributed by atoms with E-state index in [0.717, 1.165) is 5.39 Å². The van der Waals surface area contributed by atoms with Gasteiger partial charge in [-0.1, -0.05) is 41.9 Å². The number of aromatic nitrogens is 2. The number of hydrogen-bond donors (Lipinski definition) is 1. The van der Waals surface area contributed by atoms with Crippen LogP contribution in [0.5, 0.6) is 0 Å². The Morgan fingerprint density at radius 2 is 1.91 bits per heavy atom. The van der Waals surface area contributed by atoms with E-state index in [1.165, 1.54) is 4.90 Å². The standard InChI is InChI=1S/C25H20ClN3O4/c26-18-8-6-16(7-9-18)22-21(23(30)20-14-17-4-1-2-5-19(17)33-20)24(31)25(32)29(22)12-3-11-28-13-10-27-15-28/h1-2,4-10,13-15,22,31H,3,11-12H2/t22-/m0/s1. The number of hydrogen-bond acceptors (Lipinski definition) is 5. The monoisotopic (exact) mass is 461 g/mol. The molecule has 1 amide bonds. The molecule has 33 heavy (non-hydrogen) atoms. The van der Waals surface area contributed by atoms with Gasteiger partial charge in [0.15, 0.2) is 11.5 Å². The van der Waals surface area contributed by atoms with Crippen LogP contribution in [0.2, 0.25) is 5.02 Å². The smallest absolute Gasteiger partial charge is 0.290 e. The van der Waals surface area contributed by atoms with E-state index in [0.29, 0.717) is 35.7 Å². The summed E-state index contributed by atoms with van der Waals surface area (Å²) < 4.78 is 7.65. The lowest BCUT2D eigenvalue weighted by Crippen LogP contribution is -2.32. The largest absolute Gasteiger partial charge is 0.503 e. The summed E-state index contributed by atoms with van der Waals surface area (Å²) in [7, 11) is 0. The van der Waals surface area contributed by atoms with E-state index >= 15 is 0 Å². The minimum atomic E-state index is -0.752. The number of imidazole rings is 1. The Labute approximate surface area is 194 Å². The molecule has 4 aromatic rings. The van der Waals surface area contributed by atoms with Crippen LogP contribution in [0.25, 0.3) is 11.0 Å². The van der Waals surface area contributed by atoms with E-state index in [9.17, 15) is 14.7 Å². The molecular weight excluding hydrogens is 442 g/mol. The number of amides is 1. The molecule has 2 aromatic heterocycles. The molecule has 2 aromatic carbocycles. The molecule has 166 valence electrons. The highest BCUT2D eigenvalue weighted by Gasteiger charge is 2.44. The first-order valence-electron chi connectivity index (χ1n) is 10.5. The van der Waals surface area contributed by atoms with Crippen LogP contribution in [-0.4, -0.2) is 37.8 Å². The second-order valence-corrected chi connectivity index (χ2v) is 8.28. The third-order valence-corrected chi connectivity index (χ3v) is 6.01. The first kappa shape index (κ1) is 21.0.